The molecular formula is C30H38N6O3S. The summed E-state index contributed by atoms with van der Waals surface area (Å²) in [5, 5.41) is 19.3. The van der Waals surface area contributed by atoms with Crippen molar-refractivity contribution >= 4 is 23.5 Å². The molecule has 0 saturated carbocycles. The van der Waals surface area contributed by atoms with E-state index in [-0.39, 0.29) is 18.2 Å². The Labute approximate surface area is 240 Å². The lowest BCUT2D eigenvalue weighted by Gasteiger charge is -2.35. The number of urea groups is 1. The van der Waals surface area contributed by atoms with Crippen LogP contribution in [0, 0.1) is 0 Å². The van der Waals surface area contributed by atoms with Gasteiger partial charge in [0.1, 0.15) is 0 Å². The minimum absolute atomic E-state index is 0.205. The molecule has 1 saturated heterocycles. The van der Waals surface area contributed by atoms with Gasteiger partial charge in [0.2, 0.25) is 0 Å². The lowest BCUT2D eigenvalue weighted by atomic mass is 10.00. The predicted molar refractivity (Wildman–Crippen MR) is 159 cm³/mol. The van der Waals surface area contributed by atoms with Gasteiger partial charge in [0.15, 0.2) is 4.99 Å². The van der Waals surface area contributed by atoms with Crippen molar-refractivity contribution < 1.29 is 14.6 Å². The molecule has 10 heteroatoms. The van der Waals surface area contributed by atoms with Crippen LogP contribution in [0.15, 0.2) is 53.7 Å². The molecule has 3 aromatic rings. The van der Waals surface area contributed by atoms with Gasteiger partial charge in [0.05, 0.1) is 35.4 Å². The molecule has 0 bridgehead atoms. The molecule has 4 N–H and O–H groups in total. The number of hydrogen-bond acceptors (Lipinski definition) is 8. The molecule has 1 aromatic carbocycles. The maximum Gasteiger partial charge on any atom is 0.317 e. The van der Waals surface area contributed by atoms with E-state index in [0.717, 1.165) is 52.6 Å². The van der Waals surface area contributed by atoms with Crippen molar-refractivity contribution in [2.45, 2.75) is 69.4 Å². The van der Waals surface area contributed by atoms with E-state index in [1.54, 1.807) is 24.9 Å². The molecule has 0 aliphatic carbocycles. The molecule has 212 valence electrons. The fraction of sp³-hybridized carbons (Fsp3) is 0.433. The van der Waals surface area contributed by atoms with E-state index in [4.69, 9.17) is 9.72 Å². The fourth-order valence-corrected chi connectivity index (χ4v) is 6.57. The Hall–Kier alpha value is -3.18. The zero-order valence-electron chi connectivity index (χ0n) is 23.7. The van der Waals surface area contributed by atoms with Crippen LogP contribution in [0.1, 0.15) is 52.0 Å². The van der Waals surface area contributed by atoms with Crippen molar-refractivity contribution in [2.75, 3.05) is 25.0 Å². The highest BCUT2D eigenvalue weighted by Crippen LogP contribution is 2.50. The van der Waals surface area contributed by atoms with E-state index in [1.165, 1.54) is 5.56 Å². The molecule has 0 radical (unpaired) electrons. The van der Waals surface area contributed by atoms with E-state index in [0.29, 0.717) is 12.2 Å². The number of aromatic nitrogens is 2. The Morgan fingerprint density at radius 1 is 1.20 bits per heavy atom. The number of thioether (sulfide) groups is 1. The van der Waals surface area contributed by atoms with Crippen molar-refractivity contribution in [1.29, 1.82) is 0 Å². The highest BCUT2D eigenvalue weighted by atomic mass is 32.2. The molecule has 4 atom stereocenters. The molecule has 40 heavy (non-hydrogen) atoms. The number of nitrogens with one attached hydrogen (secondary N) is 3. The summed E-state index contributed by atoms with van der Waals surface area (Å²) in [5.74, 6) is 0. The van der Waals surface area contributed by atoms with Gasteiger partial charge in [0.25, 0.3) is 0 Å². The van der Waals surface area contributed by atoms with Crippen LogP contribution in [-0.4, -0.2) is 62.8 Å². The largest absolute Gasteiger partial charge is 0.387 e. The summed E-state index contributed by atoms with van der Waals surface area (Å²) < 4.78 is 5.92. The molecule has 5 rings (SSSR count). The van der Waals surface area contributed by atoms with Crippen LogP contribution >= 0.6 is 11.8 Å². The van der Waals surface area contributed by atoms with Crippen molar-refractivity contribution in [3.8, 4) is 22.4 Å². The number of fused-ring (bicyclic) bond motifs is 1. The van der Waals surface area contributed by atoms with Gasteiger partial charge in [-0.2, -0.15) is 0 Å². The number of aliphatic hydroxyl groups is 1. The van der Waals surface area contributed by atoms with Gasteiger partial charge in [-0.15, -0.1) is 0 Å². The third-order valence-corrected chi connectivity index (χ3v) is 8.26. The number of pyridine rings is 2. The quantitative estimate of drug-likeness (QED) is 0.319. The molecule has 1 fully saturated rings. The lowest BCUT2D eigenvalue weighted by Crippen LogP contribution is -2.51. The Morgan fingerprint density at radius 3 is 2.65 bits per heavy atom. The molecule has 2 aliphatic rings. The molecule has 4 heterocycles. The summed E-state index contributed by atoms with van der Waals surface area (Å²) in [6.45, 7) is 12.9. The van der Waals surface area contributed by atoms with E-state index < -0.39 is 11.1 Å². The first-order valence-corrected chi connectivity index (χ1v) is 14.6. The Balaban J connectivity index is 1.51. The monoisotopic (exact) mass is 562 g/mol. The van der Waals surface area contributed by atoms with Crippen molar-refractivity contribution in [3.63, 3.8) is 0 Å². The number of rotatable bonds is 7. The normalized spacial score (nSPS) is 23.2. The molecule has 0 spiro atoms. The van der Waals surface area contributed by atoms with Crippen molar-refractivity contribution in [2.24, 2.45) is 0 Å². The minimum atomic E-state index is -0.735. The molecule has 4 unspecified atom stereocenters. The summed E-state index contributed by atoms with van der Waals surface area (Å²) in [7, 11) is 0. The van der Waals surface area contributed by atoms with Crippen molar-refractivity contribution in [1.82, 2.24) is 25.5 Å². The van der Waals surface area contributed by atoms with Crippen LogP contribution in [0.2, 0.25) is 0 Å². The van der Waals surface area contributed by atoms with Crippen LogP contribution in [0.25, 0.3) is 22.4 Å². The Morgan fingerprint density at radius 2 is 1.98 bits per heavy atom. The third kappa shape index (κ3) is 6.41. The number of nitrogens with zero attached hydrogens (tertiary/aromatic N) is 3. The van der Waals surface area contributed by atoms with Crippen LogP contribution in [0.5, 0.6) is 0 Å². The van der Waals surface area contributed by atoms with E-state index in [9.17, 15) is 9.90 Å². The zero-order chi connectivity index (χ0) is 28.4. The number of hydrogen-bond donors (Lipinski definition) is 4. The molecule has 9 nitrogen and oxygen atoms in total. The summed E-state index contributed by atoms with van der Waals surface area (Å²) >= 11 is 1.57. The number of aliphatic hydroxyl groups excluding tert-OH is 1. The van der Waals surface area contributed by atoms with Gasteiger partial charge < -0.3 is 25.8 Å². The van der Waals surface area contributed by atoms with E-state index >= 15 is 0 Å². The second-order valence-electron chi connectivity index (χ2n) is 10.8. The SMILES string of the molecule is CCNC(=O)NC1(C)Nc2cc(-c3ccc(C(C)O)nc3)cc(-c3cc(CN4CC(C)OC(C)C4)ccn3)c2S1. The lowest BCUT2D eigenvalue weighted by molar-refractivity contribution is -0.0704. The average molecular weight is 563 g/mol. The van der Waals surface area contributed by atoms with Gasteiger partial charge in [-0.3, -0.25) is 14.9 Å². The number of carbonyl (C=O) groups is 1. The standard InChI is InChI=1S/C30H38N6O3S/c1-6-31-29(38)35-30(5)34-27-13-23(22-7-8-25(20(4)37)33-14-22)12-24(28(27)40-30)26-11-21(9-10-32-26)17-36-15-18(2)39-19(3)16-36/h7-14,18-20,34,37H,6,15-17H2,1-5H3,(H2,31,35,38). The number of amides is 2. The van der Waals surface area contributed by atoms with Gasteiger partial charge in [-0.05, 0) is 76.1 Å². The van der Waals surface area contributed by atoms with Gasteiger partial charge >= 0.3 is 6.03 Å². The molecule has 2 aromatic heterocycles. The number of carbonyl (C=O) groups excluding carboxylic acids is 1. The van der Waals surface area contributed by atoms with E-state index in [2.05, 4.69) is 63.9 Å². The smallest absolute Gasteiger partial charge is 0.317 e. The third-order valence-electron chi connectivity index (χ3n) is 7.01. The first-order chi connectivity index (χ1) is 19.1. The van der Waals surface area contributed by atoms with Gasteiger partial charge in [-0.1, -0.05) is 17.8 Å². The summed E-state index contributed by atoms with van der Waals surface area (Å²) in [6, 6.07) is 12.0. The van der Waals surface area contributed by atoms with E-state index in [1.807, 2.05) is 32.2 Å². The maximum absolute atomic E-state index is 12.4. The molecule has 2 aliphatic heterocycles. The Kier molecular flexibility index (Phi) is 8.32. The van der Waals surface area contributed by atoms with Gasteiger partial charge in [-0.25, -0.2) is 4.79 Å². The highest BCUT2D eigenvalue weighted by molar-refractivity contribution is 8.01. The van der Waals surface area contributed by atoms with Crippen LogP contribution in [0.3, 0.4) is 0 Å². The van der Waals surface area contributed by atoms with Crippen LogP contribution in [-0.2, 0) is 11.3 Å². The summed E-state index contributed by atoms with van der Waals surface area (Å²) in [5.41, 5.74) is 6.48. The first-order valence-electron chi connectivity index (χ1n) is 13.8. The van der Waals surface area contributed by atoms with Crippen molar-refractivity contribution in [3.05, 3.63) is 60.0 Å². The number of anilines is 1. The predicted octanol–water partition coefficient (Wildman–Crippen LogP) is 4.98. The zero-order valence-corrected chi connectivity index (χ0v) is 24.5. The van der Waals surface area contributed by atoms with Gasteiger partial charge in [0, 0.05) is 54.6 Å². The summed E-state index contributed by atoms with van der Waals surface area (Å²) in [6.07, 6.45) is 3.43. The molecular weight excluding hydrogens is 524 g/mol. The molecule has 2 amide bonds. The minimum Gasteiger partial charge on any atom is -0.387 e. The first kappa shape index (κ1) is 28.4. The fourth-order valence-electron chi connectivity index (χ4n) is 5.37. The topological polar surface area (TPSA) is 112 Å². The second kappa shape index (κ2) is 11.7. The number of ether oxygens (including phenoxy) is 1. The summed E-state index contributed by atoms with van der Waals surface area (Å²) in [4.78, 5) is 24.4. The van der Waals surface area contributed by atoms with Crippen LogP contribution in [0.4, 0.5) is 10.5 Å². The average Bonchev–Trinajstić information content (AvgIpc) is 3.23. The Bertz CT molecular complexity index is 1360. The highest BCUT2D eigenvalue weighted by Gasteiger charge is 2.37. The number of morpholine rings is 1. The maximum atomic E-state index is 12.4. The second-order valence-corrected chi connectivity index (χ2v) is 12.2. The number of benzene rings is 1. The van der Waals surface area contributed by atoms with Crippen LogP contribution < -0.4 is 16.0 Å².